The molecular formula is C24H21ClN6O4S. The Bertz CT molecular complexity index is 1570. The molecular weight excluding hydrogens is 504 g/mol. The van der Waals surface area contributed by atoms with Crippen LogP contribution in [0.4, 0.5) is 11.5 Å². The Labute approximate surface area is 212 Å². The summed E-state index contributed by atoms with van der Waals surface area (Å²) in [5.41, 5.74) is 1.79. The lowest BCUT2D eigenvalue weighted by Crippen LogP contribution is -2.27. The minimum absolute atomic E-state index is 0.00683. The van der Waals surface area contributed by atoms with Crippen LogP contribution in [0.3, 0.4) is 0 Å². The number of halogens is 1. The number of nitrogens with one attached hydrogen (secondary N) is 2. The second-order valence-electron chi connectivity index (χ2n) is 7.87. The number of benzene rings is 2. The average molecular weight is 525 g/mol. The Morgan fingerprint density at radius 1 is 1.00 bits per heavy atom. The van der Waals surface area contributed by atoms with Gasteiger partial charge in [-0.15, -0.1) is 0 Å². The summed E-state index contributed by atoms with van der Waals surface area (Å²) in [4.78, 5) is 37.3. The van der Waals surface area contributed by atoms with Gasteiger partial charge in [-0.05, 0) is 50.2 Å². The summed E-state index contributed by atoms with van der Waals surface area (Å²) in [6.07, 6.45) is 1.30. The van der Waals surface area contributed by atoms with Crippen molar-refractivity contribution in [1.82, 2.24) is 19.5 Å². The summed E-state index contributed by atoms with van der Waals surface area (Å²) in [6.45, 7) is 3.14. The van der Waals surface area contributed by atoms with E-state index >= 15 is 0 Å². The number of hydrogen-bond acceptors (Lipinski definition) is 7. The number of amides is 1. The quantitative estimate of drug-likeness (QED) is 0.378. The summed E-state index contributed by atoms with van der Waals surface area (Å²) in [5.74, 6) is 0.136. The zero-order valence-electron chi connectivity index (χ0n) is 19.3. The molecule has 0 saturated carbocycles. The maximum absolute atomic E-state index is 12.7. The zero-order valence-corrected chi connectivity index (χ0v) is 20.8. The summed E-state index contributed by atoms with van der Waals surface area (Å²) < 4.78 is 28.9. The third-order valence-electron chi connectivity index (χ3n) is 4.99. The van der Waals surface area contributed by atoms with Crippen LogP contribution in [-0.4, -0.2) is 33.8 Å². The first-order valence-corrected chi connectivity index (χ1v) is 12.5. The van der Waals surface area contributed by atoms with E-state index in [0.717, 1.165) is 5.56 Å². The number of hydrogen-bond donors (Lipinski definition) is 2. The van der Waals surface area contributed by atoms with Crippen molar-refractivity contribution in [1.29, 1.82) is 0 Å². The van der Waals surface area contributed by atoms with Crippen molar-refractivity contribution in [2.75, 3.05) is 10.0 Å². The van der Waals surface area contributed by atoms with Crippen LogP contribution < -0.4 is 15.6 Å². The van der Waals surface area contributed by atoms with Crippen LogP contribution in [0.15, 0.2) is 76.7 Å². The molecule has 184 valence electrons. The number of nitrogens with zero attached hydrogens (tertiary/aromatic N) is 4. The van der Waals surface area contributed by atoms with Crippen LogP contribution in [0.2, 0.25) is 5.02 Å². The number of rotatable bonds is 7. The van der Waals surface area contributed by atoms with Gasteiger partial charge in [0.25, 0.3) is 15.6 Å². The van der Waals surface area contributed by atoms with Crippen LogP contribution in [0.25, 0.3) is 11.3 Å². The van der Waals surface area contributed by atoms with Gasteiger partial charge in [0.15, 0.2) is 0 Å². The van der Waals surface area contributed by atoms with Crippen LogP contribution in [0.1, 0.15) is 11.5 Å². The Morgan fingerprint density at radius 2 is 1.69 bits per heavy atom. The molecule has 0 aliphatic carbocycles. The number of carbonyl (C=O) groups excluding carboxylic acids is 1. The molecule has 0 atom stereocenters. The SMILES string of the molecule is Cc1cc(NS(=O)(=O)c2ccc(NC(=O)Cn3cnc(-c4ccc(Cl)cc4)cc3=O)cc2)nc(C)n1. The summed E-state index contributed by atoms with van der Waals surface area (Å²) in [6, 6.07) is 15.4. The molecule has 0 aliphatic heterocycles. The van der Waals surface area contributed by atoms with Crippen LogP contribution in [-0.2, 0) is 21.4 Å². The van der Waals surface area contributed by atoms with Gasteiger partial charge in [-0.1, -0.05) is 23.7 Å². The molecule has 0 radical (unpaired) electrons. The van der Waals surface area contributed by atoms with Crippen LogP contribution >= 0.6 is 11.6 Å². The minimum Gasteiger partial charge on any atom is -0.325 e. The van der Waals surface area contributed by atoms with Gasteiger partial charge < -0.3 is 5.32 Å². The summed E-state index contributed by atoms with van der Waals surface area (Å²) in [5, 5.41) is 3.21. The van der Waals surface area contributed by atoms with Crippen molar-refractivity contribution < 1.29 is 13.2 Å². The number of carbonyl (C=O) groups is 1. The van der Waals surface area contributed by atoms with E-state index in [0.29, 0.717) is 27.9 Å². The maximum Gasteiger partial charge on any atom is 0.263 e. The molecule has 1 amide bonds. The van der Waals surface area contributed by atoms with E-state index < -0.39 is 21.5 Å². The highest BCUT2D eigenvalue weighted by atomic mass is 35.5. The van der Waals surface area contributed by atoms with E-state index in [1.54, 1.807) is 38.1 Å². The molecule has 12 heteroatoms. The minimum atomic E-state index is -3.89. The van der Waals surface area contributed by atoms with Crippen molar-refractivity contribution in [3.63, 3.8) is 0 Å². The summed E-state index contributed by atoms with van der Waals surface area (Å²) in [7, 11) is -3.89. The van der Waals surface area contributed by atoms with Gasteiger partial charge in [-0.3, -0.25) is 18.9 Å². The lowest BCUT2D eigenvalue weighted by atomic mass is 10.1. The first-order valence-electron chi connectivity index (χ1n) is 10.7. The smallest absolute Gasteiger partial charge is 0.263 e. The van der Waals surface area contributed by atoms with Crippen molar-refractivity contribution in [3.05, 3.63) is 93.9 Å². The molecule has 4 aromatic rings. The van der Waals surface area contributed by atoms with Crippen molar-refractivity contribution in [2.45, 2.75) is 25.3 Å². The summed E-state index contributed by atoms with van der Waals surface area (Å²) >= 11 is 5.89. The standard InChI is InChI=1S/C24H21ClN6O4S/c1-15-11-22(28-16(2)27-15)30-36(34,35)20-9-7-19(8-10-20)29-23(32)13-31-14-26-21(12-24(31)33)17-3-5-18(25)6-4-17/h3-12,14H,13H2,1-2H3,(H,29,32)(H,27,28,30). The number of aromatic nitrogens is 4. The normalized spacial score (nSPS) is 11.2. The molecule has 2 aromatic heterocycles. The second-order valence-corrected chi connectivity index (χ2v) is 9.99. The first-order chi connectivity index (χ1) is 17.1. The fraction of sp³-hybridized carbons (Fsp3) is 0.125. The molecule has 0 bridgehead atoms. The van der Waals surface area contributed by atoms with Crippen molar-refractivity contribution >= 4 is 39.0 Å². The predicted molar refractivity (Wildman–Crippen MR) is 136 cm³/mol. The van der Waals surface area contributed by atoms with Gasteiger partial charge in [0.2, 0.25) is 5.91 Å². The van der Waals surface area contributed by atoms with Gasteiger partial charge in [-0.25, -0.2) is 23.4 Å². The van der Waals surface area contributed by atoms with Gasteiger partial charge in [0.1, 0.15) is 18.2 Å². The Morgan fingerprint density at radius 3 is 2.33 bits per heavy atom. The Kier molecular flexibility index (Phi) is 7.13. The van der Waals surface area contributed by atoms with Crippen LogP contribution in [0.5, 0.6) is 0 Å². The van der Waals surface area contributed by atoms with Gasteiger partial charge in [0, 0.05) is 34.1 Å². The largest absolute Gasteiger partial charge is 0.325 e. The maximum atomic E-state index is 12.7. The fourth-order valence-electron chi connectivity index (χ4n) is 3.36. The molecule has 2 aromatic carbocycles. The molecule has 4 rings (SSSR count). The average Bonchev–Trinajstić information content (AvgIpc) is 2.80. The van der Waals surface area contributed by atoms with E-state index in [-0.39, 0.29) is 17.3 Å². The Balaban J connectivity index is 1.41. The molecule has 0 unspecified atom stereocenters. The van der Waals surface area contributed by atoms with E-state index in [1.165, 1.54) is 47.3 Å². The highest BCUT2D eigenvalue weighted by Gasteiger charge is 2.16. The van der Waals surface area contributed by atoms with Gasteiger partial charge >= 0.3 is 0 Å². The number of aryl methyl sites for hydroxylation is 2. The lowest BCUT2D eigenvalue weighted by Gasteiger charge is -2.10. The van der Waals surface area contributed by atoms with Crippen molar-refractivity contribution in [2.24, 2.45) is 0 Å². The molecule has 36 heavy (non-hydrogen) atoms. The van der Waals surface area contributed by atoms with Gasteiger partial charge in [-0.2, -0.15) is 0 Å². The molecule has 0 saturated heterocycles. The van der Waals surface area contributed by atoms with Crippen LogP contribution in [0, 0.1) is 13.8 Å². The fourth-order valence-corrected chi connectivity index (χ4v) is 4.48. The highest BCUT2D eigenvalue weighted by Crippen LogP contribution is 2.19. The van der Waals surface area contributed by atoms with E-state index in [9.17, 15) is 18.0 Å². The number of anilines is 2. The monoisotopic (exact) mass is 524 g/mol. The second kappa shape index (κ2) is 10.3. The topological polar surface area (TPSA) is 136 Å². The predicted octanol–water partition coefficient (Wildman–Crippen LogP) is 3.41. The molecule has 2 N–H and O–H groups in total. The third kappa shape index (κ3) is 6.12. The molecule has 0 spiro atoms. The molecule has 10 nitrogen and oxygen atoms in total. The van der Waals surface area contributed by atoms with Gasteiger partial charge in [0.05, 0.1) is 16.9 Å². The van der Waals surface area contributed by atoms with Crippen molar-refractivity contribution in [3.8, 4) is 11.3 Å². The Hall–Kier alpha value is -4.09. The molecule has 2 heterocycles. The van der Waals surface area contributed by atoms with E-state index in [4.69, 9.17) is 11.6 Å². The highest BCUT2D eigenvalue weighted by molar-refractivity contribution is 7.92. The lowest BCUT2D eigenvalue weighted by molar-refractivity contribution is -0.116. The van der Waals surface area contributed by atoms with E-state index in [1.807, 2.05) is 0 Å². The van der Waals surface area contributed by atoms with E-state index in [2.05, 4.69) is 25.0 Å². The molecule has 0 aliphatic rings. The third-order valence-corrected chi connectivity index (χ3v) is 6.61. The number of sulfonamides is 1. The molecule has 0 fully saturated rings. The zero-order chi connectivity index (χ0) is 25.9. The first kappa shape index (κ1) is 25.0.